The molecule has 8 nitrogen and oxygen atoms in total. The molecule has 1 aromatic rings. The molecule has 8 heteroatoms. The minimum absolute atomic E-state index is 0.138. The summed E-state index contributed by atoms with van der Waals surface area (Å²) in [6, 6.07) is 0. The zero-order chi connectivity index (χ0) is 22.7. The van der Waals surface area contributed by atoms with Crippen molar-refractivity contribution in [3.63, 3.8) is 0 Å². The third-order valence-electron chi connectivity index (χ3n) is 7.36. The largest absolute Gasteiger partial charge is 0.373 e. The van der Waals surface area contributed by atoms with E-state index in [0.717, 1.165) is 87.3 Å². The monoisotopic (exact) mass is 442 g/mol. The predicted octanol–water partition coefficient (Wildman–Crippen LogP) is 2.25. The molecule has 3 aliphatic rings. The van der Waals surface area contributed by atoms with Crippen molar-refractivity contribution in [2.45, 2.75) is 64.8 Å². The molecule has 1 aromatic heterocycles. The van der Waals surface area contributed by atoms with E-state index in [1.165, 1.54) is 12.8 Å². The van der Waals surface area contributed by atoms with Crippen LogP contribution in [0.25, 0.3) is 0 Å². The molecule has 3 aliphatic heterocycles. The van der Waals surface area contributed by atoms with Gasteiger partial charge in [-0.05, 0) is 44.6 Å². The first-order chi connectivity index (χ1) is 15.4. The highest BCUT2D eigenvalue weighted by molar-refractivity contribution is 5.77. The number of hydrogen-bond donors (Lipinski definition) is 1. The summed E-state index contributed by atoms with van der Waals surface area (Å²) >= 11 is 0. The number of anilines is 1. The zero-order valence-corrected chi connectivity index (χ0v) is 19.9. The van der Waals surface area contributed by atoms with Crippen molar-refractivity contribution >= 4 is 17.6 Å². The highest BCUT2D eigenvalue weighted by Crippen LogP contribution is 2.30. The van der Waals surface area contributed by atoms with Gasteiger partial charge in [0.25, 0.3) is 0 Å². The van der Waals surface area contributed by atoms with Gasteiger partial charge in [-0.2, -0.15) is 0 Å². The Morgan fingerprint density at radius 3 is 2.53 bits per heavy atom. The molecule has 0 aromatic carbocycles. The summed E-state index contributed by atoms with van der Waals surface area (Å²) in [7, 11) is 1.90. The summed E-state index contributed by atoms with van der Waals surface area (Å²) < 4.78 is 0. The first-order valence-electron chi connectivity index (χ1n) is 12.3. The van der Waals surface area contributed by atoms with Gasteiger partial charge in [0, 0.05) is 64.6 Å². The van der Waals surface area contributed by atoms with Gasteiger partial charge in [-0.15, -0.1) is 0 Å². The van der Waals surface area contributed by atoms with Crippen molar-refractivity contribution in [1.29, 1.82) is 0 Å². The smallest absolute Gasteiger partial charge is 0.224 e. The molecule has 1 atom stereocenters. The van der Waals surface area contributed by atoms with Crippen LogP contribution < -0.4 is 5.32 Å². The number of rotatable bonds is 5. The van der Waals surface area contributed by atoms with Crippen LogP contribution in [0.2, 0.25) is 0 Å². The molecule has 2 fully saturated rings. The average Bonchev–Trinajstić information content (AvgIpc) is 2.81. The normalized spacial score (nSPS) is 22.5. The number of nitrogens with one attached hydrogen (secondary N) is 1. The van der Waals surface area contributed by atoms with Crippen LogP contribution in [0, 0.1) is 5.92 Å². The molecule has 176 valence electrons. The average molecular weight is 443 g/mol. The highest BCUT2D eigenvalue weighted by atomic mass is 16.2. The van der Waals surface area contributed by atoms with Gasteiger partial charge in [0.15, 0.2) is 0 Å². The molecule has 0 spiro atoms. The van der Waals surface area contributed by atoms with E-state index >= 15 is 0 Å². The molecule has 1 N–H and O–H groups in total. The fraction of sp³-hybridized carbons (Fsp3) is 0.750. The van der Waals surface area contributed by atoms with Crippen LogP contribution in [-0.2, 0) is 22.6 Å². The second-order valence-corrected chi connectivity index (χ2v) is 9.75. The molecule has 2 saturated heterocycles. The van der Waals surface area contributed by atoms with Gasteiger partial charge >= 0.3 is 0 Å². The van der Waals surface area contributed by atoms with Crippen LogP contribution in [0.1, 0.15) is 69.0 Å². The number of nitrogens with zero attached hydrogens (tertiary/aromatic N) is 5. The number of carbonyl (C=O) groups excluding carboxylic acids is 2. The summed E-state index contributed by atoms with van der Waals surface area (Å²) in [6.45, 7) is 9.84. The molecule has 0 radical (unpaired) electrons. The topological polar surface area (TPSA) is 81.7 Å². The number of likely N-dealkylation sites (tertiary alicyclic amines) is 2. The van der Waals surface area contributed by atoms with Gasteiger partial charge in [-0.25, -0.2) is 9.97 Å². The number of aromatic nitrogens is 2. The Morgan fingerprint density at radius 1 is 1.06 bits per heavy atom. The maximum Gasteiger partial charge on any atom is 0.224 e. The molecule has 4 rings (SSSR count). The van der Waals surface area contributed by atoms with E-state index < -0.39 is 0 Å². The van der Waals surface area contributed by atoms with Crippen molar-refractivity contribution in [2.75, 3.05) is 51.6 Å². The Hall–Kier alpha value is -2.22. The van der Waals surface area contributed by atoms with Gasteiger partial charge in [0.05, 0.1) is 12.2 Å². The van der Waals surface area contributed by atoms with Crippen molar-refractivity contribution in [2.24, 2.45) is 5.92 Å². The van der Waals surface area contributed by atoms with Gasteiger partial charge in [0.2, 0.25) is 11.8 Å². The zero-order valence-electron chi connectivity index (χ0n) is 19.9. The predicted molar refractivity (Wildman–Crippen MR) is 124 cm³/mol. The number of fused-ring (bicyclic) bond motifs is 1. The van der Waals surface area contributed by atoms with Crippen molar-refractivity contribution < 1.29 is 9.59 Å². The van der Waals surface area contributed by atoms with Crippen LogP contribution in [0.15, 0.2) is 0 Å². The summed E-state index contributed by atoms with van der Waals surface area (Å²) in [5, 5.41) is 3.25. The summed E-state index contributed by atoms with van der Waals surface area (Å²) in [4.78, 5) is 40.7. The lowest BCUT2D eigenvalue weighted by atomic mass is 9.95. The molecule has 0 bridgehead atoms. The van der Waals surface area contributed by atoms with E-state index in [-0.39, 0.29) is 17.7 Å². The summed E-state index contributed by atoms with van der Waals surface area (Å²) in [5.74, 6) is 3.11. The molecule has 0 aliphatic carbocycles. The van der Waals surface area contributed by atoms with E-state index in [9.17, 15) is 9.59 Å². The summed E-state index contributed by atoms with van der Waals surface area (Å²) in [5.41, 5.74) is 2.13. The van der Waals surface area contributed by atoms with E-state index in [1.807, 2.05) is 16.8 Å². The Kier molecular flexibility index (Phi) is 7.28. The lowest BCUT2D eigenvalue weighted by molar-refractivity contribution is -0.132. The molecule has 0 unspecified atom stereocenters. The van der Waals surface area contributed by atoms with E-state index in [2.05, 4.69) is 17.1 Å². The molecular formula is C24H38N6O2. The number of carbonyl (C=O) groups is 2. The van der Waals surface area contributed by atoms with Crippen LogP contribution in [0.5, 0.6) is 0 Å². The first kappa shape index (κ1) is 23.0. The Balaban J connectivity index is 1.41. The van der Waals surface area contributed by atoms with Gasteiger partial charge < -0.3 is 20.0 Å². The van der Waals surface area contributed by atoms with Crippen LogP contribution in [-0.4, -0.2) is 82.8 Å². The Morgan fingerprint density at radius 2 is 1.84 bits per heavy atom. The molecule has 0 saturated carbocycles. The second kappa shape index (κ2) is 10.1. The Labute approximate surface area is 191 Å². The fourth-order valence-corrected chi connectivity index (χ4v) is 5.41. The molecular weight excluding hydrogens is 404 g/mol. The van der Waals surface area contributed by atoms with Gasteiger partial charge in [-0.1, -0.05) is 6.92 Å². The fourth-order valence-electron chi connectivity index (χ4n) is 5.41. The number of piperidine rings is 2. The molecule has 2 amide bonds. The third-order valence-corrected chi connectivity index (χ3v) is 7.36. The molecule has 4 heterocycles. The second-order valence-electron chi connectivity index (χ2n) is 9.75. The number of amides is 2. The number of hydrogen-bond acceptors (Lipinski definition) is 6. The van der Waals surface area contributed by atoms with Crippen LogP contribution in [0.4, 0.5) is 5.82 Å². The van der Waals surface area contributed by atoms with Gasteiger partial charge in [-0.3, -0.25) is 9.59 Å². The SMILES string of the molecule is CNc1nc(C2CCN(C(C)=O)CC2)nc2c1CCN(C(=O)CCN1CCC[C@H](C)C1)C2. The van der Waals surface area contributed by atoms with E-state index in [4.69, 9.17) is 9.97 Å². The van der Waals surface area contributed by atoms with Gasteiger partial charge in [0.1, 0.15) is 11.6 Å². The molecule has 32 heavy (non-hydrogen) atoms. The van der Waals surface area contributed by atoms with Crippen molar-refractivity contribution in [3.05, 3.63) is 17.1 Å². The highest BCUT2D eigenvalue weighted by Gasteiger charge is 2.29. The lowest BCUT2D eigenvalue weighted by Crippen LogP contribution is -2.41. The third kappa shape index (κ3) is 5.22. The first-order valence-corrected chi connectivity index (χ1v) is 12.3. The van der Waals surface area contributed by atoms with E-state index in [1.54, 1.807) is 6.92 Å². The maximum atomic E-state index is 13.0. The maximum absolute atomic E-state index is 13.0. The minimum Gasteiger partial charge on any atom is -0.373 e. The van der Waals surface area contributed by atoms with Crippen LogP contribution >= 0.6 is 0 Å². The van der Waals surface area contributed by atoms with Crippen molar-refractivity contribution in [3.8, 4) is 0 Å². The lowest BCUT2D eigenvalue weighted by Gasteiger charge is -2.34. The van der Waals surface area contributed by atoms with E-state index in [0.29, 0.717) is 13.0 Å². The summed E-state index contributed by atoms with van der Waals surface area (Å²) in [6.07, 6.45) is 5.70. The quantitative estimate of drug-likeness (QED) is 0.753. The minimum atomic E-state index is 0.138. The standard InChI is InChI=1S/C24H38N6O2/c1-17-5-4-10-28(15-17)11-9-22(32)30-14-8-20-21(16-30)26-23(27-24(20)25-3)19-6-12-29(13-7-19)18(2)31/h17,19H,4-16H2,1-3H3,(H,25,26,27)/t17-/m0/s1. The Bertz CT molecular complexity index is 836. The van der Waals surface area contributed by atoms with Crippen LogP contribution in [0.3, 0.4) is 0 Å². The van der Waals surface area contributed by atoms with Crippen molar-refractivity contribution in [1.82, 2.24) is 24.7 Å².